The molecule has 0 amide bonds. The summed E-state index contributed by atoms with van der Waals surface area (Å²) in [5.41, 5.74) is 4.63. The molecule has 0 unspecified atom stereocenters. The molecule has 6 heteroatoms. The molecule has 2 heterocycles. The Hall–Kier alpha value is -3.67. The molecule has 4 rings (SSSR count). The normalized spacial score (nSPS) is 10.8. The van der Waals surface area contributed by atoms with Crippen LogP contribution in [0.3, 0.4) is 0 Å². The van der Waals surface area contributed by atoms with Crippen LogP contribution in [-0.2, 0) is 0 Å². The second-order valence-electron chi connectivity index (χ2n) is 6.42. The van der Waals surface area contributed by atoms with Crippen LogP contribution < -0.4 is 18.9 Å². The SMILES string of the molecule is COc1ccc(-c2cn3cccc(-c4cc(OC)c(OC)c(OC)c4)c3n2)cc1. The molecule has 6 nitrogen and oxygen atoms in total. The Morgan fingerprint density at radius 2 is 1.45 bits per heavy atom. The first-order valence-corrected chi connectivity index (χ1v) is 9.11. The Morgan fingerprint density at radius 1 is 0.759 bits per heavy atom. The van der Waals surface area contributed by atoms with E-state index in [-0.39, 0.29) is 0 Å². The minimum atomic E-state index is 0.563. The molecule has 2 aromatic heterocycles. The summed E-state index contributed by atoms with van der Waals surface area (Å²) >= 11 is 0. The molecule has 0 atom stereocenters. The topological polar surface area (TPSA) is 54.2 Å². The van der Waals surface area contributed by atoms with E-state index in [4.69, 9.17) is 23.9 Å². The largest absolute Gasteiger partial charge is 0.497 e. The first-order valence-electron chi connectivity index (χ1n) is 9.11. The van der Waals surface area contributed by atoms with Crippen LogP contribution in [0.1, 0.15) is 0 Å². The number of ether oxygens (including phenoxy) is 4. The van der Waals surface area contributed by atoms with Crippen LogP contribution in [0.4, 0.5) is 0 Å². The van der Waals surface area contributed by atoms with Gasteiger partial charge in [0, 0.05) is 23.5 Å². The van der Waals surface area contributed by atoms with Crippen LogP contribution in [0.5, 0.6) is 23.0 Å². The van der Waals surface area contributed by atoms with E-state index in [1.165, 1.54) is 0 Å². The number of hydrogen-bond acceptors (Lipinski definition) is 5. The molecule has 0 aliphatic carbocycles. The predicted octanol–water partition coefficient (Wildman–Crippen LogP) is 4.70. The molecule has 0 fully saturated rings. The fourth-order valence-corrected chi connectivity index (χ4v) is 3.38. The Balaban J connectivity index is 1.85. The summed E-state index contributed by atoms with van der Waals surface area (Å²) in [6, 6.07) is 15.7. The maximum Gasteiger partial charge on any atom is 0.203 e. The van der Waals surface area contributed by atoms with Crippen LogP contribution >= 0.6 is 0 Å². The van der Waals surface area contributed by atoms with Crippen molar-refractivity contribution in [1.82, 2.24) is 9.38 Å². The van der Waals surface area contributed by atoms with E-state index in [1.54, 1.807) is 28.4 Å². The zero-order valence-corrected chi connectivity index (χ0v) is 16.8. The number of pyridine rings is 1. The van der Waals surface area contributed by atoms with Crippen LogP contribution in [0.15, 0.2) is 60.9 Å². The summed E-state index contributed by atoms with van der Waals surface area (Å²) in [7, 11) is 6.47. The van der Waals surface area contributed by atoms with E-state index in [2.05, 4.69) is 0 Å². The number of nitrogens with zero attached hydrogens (tertiary/aromatic N) is 2. The van der Waals surface area contributed by atoms with Crippen molar-refractivity contribution in [3.63, 3.8) is 0 Å². The minimum absolute atomic E-state index is 0.563. The fourth-order valence-electron chi connectivity index (χ4n) is 3.38. The van der Waals surface area contributed by atoms with Crippen molar-refractivity contribution >= 4 is 5.65 Å². The van der Waals surface area contributed by atoms with E-state index < -0.39 is 0 Å². The number of imidazole rings is 1. The van der Waals surface area contributed by atoms with Gasteiger partial charge in [0.2, 0.25) is 5.75 Å². The molecular formula is C23H22N2O4. The number of rotatable bonds is 6. The Kier molecular flexibility index (Phi) is 4.99. The van der Waals surface area contributed by atoms with E-state index >= 15 is 0 Å². The highest BCUT2D eigenvalue weighted by molar-refractivity contribution is 5.82. The number of aromatic nitrogens is 2. The van der Waals surface area contributed by atoms with Gasteiger partial charge in [-0.05, 0) is 54.1 Å². The maximum atomic E-state index is 5.51. The molecule has 29 heavy (non-hydrogen) atoms. The summed E-state index contributed by atoms with van der Waals surface area (Å²) < 4.78 is 23.7. The van der Waals surface area contributed by atoms with Crippen LogP contribution in [-0.4, -0.2) is 37.8 Å². The third-order valence-electron chi connectivity index (χ3n) is 4.84. The highest BCUT2D eigenvalue weighted by atomic mass is 16.5. The van der Waals surface area contributed by atoms with E-state index in [0.29, 0.717) is 17.2 Å². The summed E-state index contributed by atoms with van der Waals surface area (Å²) in [4.78, 5) is 4.88. The second-order valence-corrected chi connectivity index (χ2v) is 6.42. The van der Waals surface area contributed by atoms with Gasteiger partial charge in [0.25, 0.3) is 0 Å². The molecule has 148 valence electrons. The molecular weight excluding hydrogens is 368 g/mol. The Labute approximate surface area is 169 Å². The van der Waals surface area contributed by atoms with Gasteiger partial charge in [0.05, 0.1) is 34.1 Å². The van der Waals surface area contributed by atoms with Crippen LogP contribution in [0.2, 0.25) is 0 Å². The van der Waals surface area contributed by atoms with Crippen molar-refractivity contribution in [3.8, 4) is 45.4 Å². The van der Waals surface area contributed by atoms with Gasteiger partial charge in [-0.25, -0.2) is 4.98 Å². The summed E-state index contributed by atoms with van der Waals surface area (Å²) in [6.07, 6.45) is 4.00. The van der Waals surface area contributed by atoms with Gasteiger partial charge in [-0.15, -0.1) is 0 Å². The molecule has 2 aromatic carbocycles. The van der Waals surface area contributed by atoms with Crippen molar-refractivity contribution in [3.05, 3.63) is 60.9 Å². The van der Waals surface area contributed by atoms with Crippen molar-refractivity contribution in [2.45, 2.75) is 0 Å². The number of hydrogen-bond donors (Lipinski definition) is 0. The van der Waals surface area contributed by atoms with Crippen molar-refractivity contribution in [2.75, 3.05) is 28.4 Å². The van der Waals surface area contributed by atoms with Gasteiger partial charge in [-0.3, -0.25) is 0 Å². The summed E-state index contributed by atoms with van der Waals surface area (Å²) in [6.45, 7) is 0. The molecule has 0 bridgehead atoms. The van der Waals surface area contributed by atoms with Crippen molar-refractivity contribution in [2.24, 2.45) is 0 Å². The lowest BCUT2D eigenvalue weighted by Gasteiger charge is -2.14. The number of methoxy groups -OCH3 is 4. The van der Waals surface area contributed by atoms with Gasteiger partial charge < -0.3 is 23.3 Å². The molecule has 0 aliphatic heterocycles. The third-order valence-corrected chi connectivity index (χ3v) is 4.84. The first kappa shape index (κ1) is 18.7. The predicted molar refractivity (Wildman–Crippen MR) is 112 cm³/mol. The minimum Gasteiger partial charge on any atom is -0.497 e. The van der Waals surface area contributed by atoms with Gasteiger partial charge in [0.1, 0.15) is 11.4 Å². The van der Waals surface area contributed by atoms with Crippen LogP contribution in [0, 0.1) is 0 Å². The quantitative estimate of drug-likeness (QED) is 0.478. The lowest BCUT2D eigenvalue weighted by molar-refractivity contribution is 0.324. The molecule has 0 N–H and O–H groups in total. The zero-order valence-electron chi connectivity index (χ0n) is 16.8. The lowest BCUT2D eigenvalue weighted by Crippen LogP contribution is -1.96. The lowest BCUT2D eigenvalue weighted by atomic mass is 10.1. The highest BCUT2D eigenvalue weighted by Crippen LogP contribution is 2.42. The summed E-state index contributed by atoms with van der Waals surface area (Å²) in [5.74, 6) is 2.58. The van der Waals surface area contributed by atoms with Gasteiger partial charge in [-0.1, -0.05) is 0 Å². The monoisotopic (exact) mass is 390 g/mol. The third kappa shape index (κ3) is 3.33. The number of fused-ring (bicyclic) bond motifs is 1. The number of benzene rings is 2. The van der Waals surface area contributed by atoms with Gasteiger partial charge >= 0.3 is 0 Å². The molecule has 0 spiro atoms. The second kappa shape index (κ2) is 7.75. The van der Waals surface area contributed by atoms with Crippen molar-refractivity contribution in [1.29, 1.82) is 0 Å². The van der Waals surface area contributed by atoms with Crippen LogP contribution in [0.25, 0.3) is 28.0 Å². The molecule has 0 aliphatic rings. The zero-order chi connectivity index (χ0) is 20.4. The van der Waals surface area contributed by atoms with Gasteiger partial charge in [0.15, 0.2) is 11.5 Å². The van der Waals surface area contributed by atoms with Gasteiger partial charge in [-0.2, -0.15) is 0 Å². The Bertz CT molecular complexity index is 1120. The molecule has 4 aromatic rings. The van der Waals surface area contributed by atoms with E-state index in [0.717, 1.165) is 33.8 Å². The maximum absolute atomic E-state index is 5.51. The average Bonchev–Trinajstić information content (AvgIpc) is 3.22. The fraction of sp³-hybridized carbons (Fsp3) is 0.174. The smallest absolute Gasteiger partial charge is 0.203 e. The van der Waals surface area contributed by atoms with E-state index in [9.17, 15) is 0 Å². The summed E-state index contributed by atoms with van der Waals surface area (Å²) in [5, 5.41) is 0. The molecule has 0 saturated heterocycles. The molecule has 0 radical (unpaired) electrons. The Morgan fingerprint density at radius 3 is 2.03 bits per heavy atom. The average molecular weight is 390 g/mol. The first-order chi connectivity index (χ1) is 14.2. The van der Waals surface area contributed by atoms with E-state index in [1.807, 2.05) is 65.3 Å². The highest BCUT2D eigenvalue weighted by Gasteiger charge is 2.17. The van der Waals surface area contributed by atoms with Crippen molar-refractivity contribution < 1.29 is 18.9 Å². The molecule has 0 saturated carbocycles. The standard InChI is InChI=1S/C23H22N2O4/c1-26-17-9-7-15(8-10-17)19-14-25-11-5-6-18(23(25)24-19)16-12-20(27-2)22(29-4)21(13-16)28-3/h5-14H,1-4H3.